The number of hydrogen-bond acceptors (Lipinski definition) is 9. The number of nitrogens with zero attached hydrogens (tertiary/aromatic N) is 9. The van der Waals surface area contributed by atoms with Gasteiger partial charge in [-0.3, -0.25) is 14.0 Å². The number of rotatable bonds is 28. The van der Waals surface area contributed by atoms with E-state index in [0.717, 1.165) is 85.2 Å². The van der Waals surface area contributed by atoms with Crippen LogP contribution in [0.1, 0.15) is 132 Å². The second-order valence-electron chi connectivity index (χ2n) is 17.9. The Morgan fingerprint density at radius 3 is 1.38 bits per heavy atom. The van der Waals surface area contributed by atoms with Gasteiger partial charge in [-0.25, -0.2) is 9.97 Å². The SMILES string of the molecule is CCC[CH2][Sn]([CH2]CCC)([CH2]CCC)[c]1c(C(=O)NCCN(CC)CC)nc2ccccn12.CCN(CC)CCNC(=O)c1cn2ccccc2n1.CCN(CC)CCNC(=O)c1nc2ccccn2c1I. The van der Waals surface area contributed by atoms with Gasteiger partial charge in [-0.1, -0.05) is 39.8 Å². The van der Waals surface area contributed by atoms with Gasteiger partial charge >= 0.3 is 201 Å². The first-order valence-corrected chi connectivity index (χ1v) is 35.1. The van der Waals surface area contributed by atoms with Gasteiger partial charge in [-0.05, 0) is 73.0 Å². The molecule has 0 saturated carbocycles. The average molecular weight is 1200 g/mol. The second kappa shape index (κ2) is 32.2. The maximum absolute atomic E-state index is 13.5. The topological polar surface area (TPSA) is 149 Å². The molecular formula is C54H85IN12O3Sn. The summed E-state index contributed by atoms with van der Waals surface area (Å²) in [5, 5.41) is 9.06. The average Bonchev–Trinajstić information content (AvgIpc) is 4.12. The minimum absolute atomic E-state index is 0.0291. The Morgan fingerprint density at radius 1 is 0.521 bits per heavy atom. The summed E-state index contributed by atoms with van der Waals surface area (Å²) in [6, 6.07) is 17.6. The molecule has 0 spiro atoms. The Labute approximate surface area is 442 Å². The molecule has 0 radical (unpaired) electrons. The molecular weight excluding hydrogens is 1110 g/mol. The third kappa shape index (κ3) is 17.5. The van der Waals surface area contributed by atoms with Gasteiger partial charge in [-0.2, -0.15) is 0 Å². The smallest absolute Gasteiger partial charge is 0.272 e. The van der Waals surface area contributed by atoms with Crippen LogP contribution in [0.4, 0.5) is 0 Å². The van der Waals surface area contributed by atoms with Gasteiger partial charge in [0.1, 0.15) is 20.7 Å². The van der Waals surface area contributed by atoms with Crippen LogP contribution in [0.5, 0.6) is 0 Å². The summed E-state index contributed by atoms with van der Waals surface area (Å²) in [5.41, 5.74) is 4.21. The molecule has 0 saturated heterocycles. The van der Waals surface area contributed by atoms with Crippen molar-refractivity contribution in [3.63, 3.8) is 0 Å². The number of imidazole rings is 3. The number of likely N-dealkylation sites (N-methyl/N-ethyl adjacent to an activating group) is 3. The molecule has 0 unspecified atom stereocenters. The maximum Gasteiger partial charge on any atom is 0.272 e. The van der Waals surface area contributed by atoms with Crippen molar-refractivity contribution in [2.45, 2.75) is 114 Å². The zero-order chi connectivity index (χ0) is 51.6. The van der Waals surface area contributed by atoms with Crippen LogP contribution < -0.4 is 19.7 Å². The fraction of sp³-hybridized carbons (Fsp3) is 0.556. The maximum atomic E-state index is 13.5. The summed E-state index contributed by atoms with van der Waals surface area (Å²) in [4.78, 5) is 58.1. The number of pyridine rings is 3. The zero-order valence-electron chi connectivity index (χ0n) is 44.5. The molecule has 6 rings (SSSR count). The molecule has 3 N–H and O–H groups in total. The quantitative estimate of drug-likeness (QED) is 0.0324. The van der Waals surface area contributed by atoms with Crippen LogP contribution in [0.2, 0.25) is 13.3 Å². The van der Waals surface area contributed by atoms with Crippen molar-refractivity contribution in [3.8, 4) is 0 Å². The number of nitrogens with one attached hydrogen (secondary N) is 3. The number of hydrogen-bond donors (Lipinski definition) is 3. The standard InChI is InChI=1S/C14H19IN4O.C14H20N4O.C14H19N4O.3C4H9.Sn/c1-3-18(4-2)10-8-16-14(20)12-13(15)19-9-6-5-7-11(19)17-12;2*1-3-17(4-2)10-8-15-14(19)12-11-18-9-6-5-7-13(18)16-12;3*1-3-4-2;/h5-7,9H,3-4,8,10H2,1-2H3,(H,16,20);5-7,9,11H,3-4,8,10H2,1-2H3,(H,15,19);5-7,9H,3-4,8,10H2,1-2H3,(H,15,19);3*1,3-4H2,2H3;. The number of amides is 3. The van der Waals surface area contributed by atoms with Crippen molar-refractivity contribution in [1.82, 2.24) is 58.8 Å². The van der Waals surface area contributed by atoms with Crippen molar-refractivity contribution in [2.75, 3.05) is 78.5 Å². The summed E-state index contributed by atoms with van der Waals surface area (Å²) in [6.45, 7) is 30.3. The first-order chi connectivity index (χ1) is 34.5. The molecule has 0 atom stereocenters. The second-order valence-corrected chi connectivity index (χ2v) is 31.9. The van der Waals surface area contributed by atoms with Crippen LogP contribution in [-0.4, -0.2) is 157 Å². The number of halogens is 1. The molecule has 15 nitrogen and oxygen atoms in total. The van der Waals surface area contributed by atoms with Gasteiger partial charge in [0.05, 0.1) is 0 Å². The van der Waals surface area contributed by atoms with Crippen molar-refractivity contribution in [1.29, 1.82) is 0 Å². The Kier molecular flexibility index (Phi) is 26.9. The number of carbonyl (C=O) groups is 3. The van der Waals surface area contributed by atoms with Gasteiger partial charge in [0, 0.05) is 44.8 Å². The molecule has 0 fully saturated rings. The minimum Gasteiger partial charge on any atom is -0.349 e. The van der Waals surface area contributed by atoms with E-state index in [1.807, 2.05) is 63.7 Å². The number of aromatic nitrogens is 6. The largest absolute Gasteiger partial charge is 0.349 e. The van der Waals surface area contributed by atoms with Crippen LogP contribution in [0, 0.1) is 3.70 Å². The zero-order valence-corrected chi connectivity index (χ0v) is 49.5. The summed E-state index contributed by atoms with van der Waals surface area (Å²) in [7, 11) is 0. The summed E-state index contributed by atoms with van der Waals surface area (Å²) in [6.07, 6.45) is 15.2. The molecule has 17 heteroatoms. The van der Waals surface area contributed by atoms with Gasteiger partial charge in [0.15, 0.2) is 5.69 Å². The molecule has 0 aliphatic carbocycles. The first kappa shape index (κ1) is 59.5. The molecule has 71 heavy (non-hydrogen) atoms. The van der Waals surface area contributed by atoms with E-state index in [1.54, 1.807) is 6.20 Å². The van der Waals surface area contributed by atoms with E-state index in [9.17, 15) is 14.4 Å². The molecule has 3 amide bonds. The van der Waals surface area contributed by atoms with E-state index in [4.69, 9.17) is 4.98 Å². The van der Waals surface area contributed by atoms with E-state index >= 15 is 0 Å². The monoisotopic (exact) mass is 1200 g/mol. The summed E-state index contributed by atoms with van der Waals surface area (Å²) >= 11 is -0.711. The number of carbonyl (C=O) groups excluding carboxylic acids is 3. The van der Waals surface area contributed by atoms with E-state index in [2.05, 4.69) is 148 Å². The van der Waals surface area contributed by atoms with E-state index in [0.29, 0.717) is 31.0 Å². The predicted molar refractivity (Wildman–Crippen MR) is 303 cm³/mol. The summed E-state index contributed by atoms with van der Waals surface area (Å²) < 4.78 is 12.2. The minimum atomic E-state index is -2.87. The molecule has 0 bridgehead atoms. The molecule has 390 valence electrons. The Balaban J connectivity index is 0.000000243. The van der Waals surface area contributed by atoms with Crippen molar-refractivity contribution < 1.29 is 14.4 Å². The number of unbranched alkanes of at least 4 members (excludes halogenated alkanes) is 3. The first-order valence-electron chi connectivity index (χ1n) is 26.5. The van der Waals surface area contributed by atoms with Gasteiger partial charge in [0.2, 0.25) is 0 Å². The Hall–Kier alpha value is -4.11. The van der Waals surface area contributed by atoms with Crippen LogP contribution in [0.15, 0.2) is 79.4 Å². The van der Waals surface area contributed by atoms with Gasteiger partial charge < -0.3 is 24.8 Å². The Morgan fingerprint density at radius 2 is 0.930 bits per heavy atom. The van der Waals surface area contributed by atoms with Crippen LogP contribution in [0.3, 0.4) is 0 Å². The van der Waals surface area contributed by atoms with Gasteiger partial charge in [-0.15, -0.1) is 0 Å². The van der Waals surface area contributed by atoms with E-state index in [-0.39, 0.29) is 17.7 Å². The fourth-order valence-electron chi connectivity index (χ4n) is 8.95. The van der Waals surface area contributed by atoms with Crippen molar-refractivity contribution in [2.24, 2.45) is 0 Å². The molecule has 6 aromatic heterocycles. The van der Waals surface area contributed by atoms with Crippen LogP contribution in [-0.2, 0) is 0 Å². The Bertz CT molecular complexity index is 2440. The molecule has 6 heterocycles. The van der Waals surface area contributed by atoms with Crippen molar-refractivity contribution >= 4 is 79.3 Å². The third-order valence-electron chi connectivity index (χ3n) is 13.4. The van der Waals surface area contributed by atoms with E-state index < -0.39 is 18.4 Å². The molecule has 0 aliphatic heterocycles. The normalized spacial score (nSPS) is 11.6. The molecule has 6 aromatic rings. The third-order valence-corrected chi connectivity index (χ3v) is 29.9. The molecule has 0 aliphatic rings. The fourth-order valence-corrected chi connectivity index (χ4v) is 26.6. The van der Waals surface area contributed by atoms with E-state index in [1.165, 1.54) is 55.5 Å². The number of fused-ring (bicyclic) bond motifs is 3. The van der Waals surface area contributed by atoms with Crippen LogP contribution in [0.25, 0.3) is 16.9 Å². The summed E-state index contributed by atoms with van der Waals surface area (Å²) in [5.74, 6) is -0.192. The van der Waals surface area contributed by atoms with Crippen molar-refractivity contribution in [3.05, 3.63) is 100 Å². The van der Waals surface area contributed by atoms with Gasteiger partial charge in [0.25, 0.3) is 11.8 Å². The van der Waals surface area contributed by atoms with Crippen LogP contribution >= 0.6 is 22.6 Å². The molecule has 0 aromatic carbocycles. The predicted octanol–water partition coefficient (Wildman–Crippen LogP) is 8.88.